The van der Waals surface area contributed by atoms with E-state index < -0.39 is 10.0 Å². The van der Waals surface area contributed by atoms with E-state index in [2.05, 4.69) is 6.58 Å². The largest absolute Gasteiger partial charge is 0.497 e. The van der Waals surface area contributed by atoms with Crippen LogP contribution in [0.3, 0.4) is 0 Å². The molecular formula is C16H17NO3S. The molecule has 0 aliphatic rings. The smallest absolute Gasteiger partial charge is 0.268 e. The zero-order valence-electron chi connectivity index (χ0n) is 12.0. The second-order valence-electron chi connectivity index (χ2n) is 4.49. The van der Waals surface area contributed by atoms with Crippen LogP contribution in [0.1, 0.15) is 5.56 Å². The van der Waals surface area contributed by atoms with E-state index in [0.29, 0.717) is 11.4 Å². The predicted molar refractivity (Wildman–Crippen MR) is 84.0 cm³/mol. The third-order valence-electron chi connectivity index (χ3n) is 3.07. The minimum Gasteiger partial charge on any atom is -0.497 e. The zero-order chi connectivity index (χ0) is 15.5. The maximum absolute atomic E-state index is 12.7. The van der Waals surface area contributed by atoms with Crippen LogP contribution in [0.5, 0.6) is 5.75 Å². The quantitative estimate of drug-likeness (QED) is 0.851. The van der Waals surface area contributed by atoms with E-state index >= 15 is 0 Å². The number of rotatable bonds is 5. The fourth-order valence-corrected chi connectivity index (χ4v) is 3.20. The second kappa shape index (κ2) is 6.01. The van der Waals surface area contributed by atoms with Crippen molar-refractivity contribution in [3.05, 3.63) is 66.9 Å². The van der Waals surface area contributed by atoms with Gasteiger partial charge >= 0.3 is 0 Å². The van der Waals surface area contributed by atoms with Crippen molar-refractivity contribution in [1.29, 1.82) is 0 Å². The average Bonchev–Trinajstić information content (AvgIpc) is 2.49. The van der Waals surface area contributed by atoms with Gasteiger partial charge in [-0.2, -0.15) is 0 Å². The molecule has 110 valence electrons. The first kappa shape index (κ1) is 15.1. The number of aryl methyl sites for hydroxylation is 1. The predicted octanol–water partition coefficient (Wildman–Crippen LogP) is 3.34. The van der Waals surface area contributed by atoms with Gasteiger partial charge in [-0.25, -0.2) is 12.7 Å². The highest BCUT2D eigenvalue weighted by molar-refractivity contribution is 7.93. The van der Waals surface area contributed by atoms with E-state index in [9.17, 15) is 8.42 Å². The molecule has 2 aromatic rings. The van der Waals surface area contributed by atoms with Crippen LogP contribution in [0.4, 0.5) is 5.69 Å². The van der Waals surface area contributed by atoms with E-state index in [1.54, 1.807) is 55.6 Å². The summed E-state index contributed by atoms with van der Waals surface area (Å²) in [6.07, 6.45) is 1.29. The highest BCUT2D eigenvalue weighted by Gasteiger charge is 2.22. The summed E-state index contributed by atoms with van der Waals surface area (Å²) < 4.78 is 31.5. The third-order valence-corrected chi connectivity index (χ3v) is 4.82. The lowest BCUT2D eigenvalue weighted by atomic mass is 10.2. The number of nitrogens with zero attached hydrogens (tertiary/aromatic N) is 1. The van der Waals surface area contributed by atoms with Gasteiger partial charge in [-0.05, 0) is 43.3 Å². The number of hydrogen-bond donors (Lipinski definition) is 0. The Morgan fingerprint density at radius 3 is 2.10 bits per heavy atom. The molecule has 2 aromatic carbocycles. The fourth-order valence-electron chi connectivity index (χ4n) is 1.90. The summed E-state index contributed by atoms with van der Waals surface area (Å²) in [5.41, 5.74) is 1.51. The van der Waals surface area contributed by atoms with Gasteiger partial charge in [0.05, 0.1) is 17.7 Å². The SMILES string of the molecule is C=CN(c1ccc(OC)cc1)S(=O)(=O)c1ccc(C)cc1. The van der Waals surface area contributed by atoms with Crippen LogP contribution in [0, 0.1) is 6.92 Å². The maximum Gasteiger partial charge on any atom is 0.268 e. The molecule has 0 fully saturated rings. The number of sulfonamides is 1. The maximum atomic E-state index is 12.7. The molecule has 0 aromatic heterocycles. The lowest BCUT2D eigenvalue weighted by Crippen LogP contribution is -2.25. The number of ether oxygens (including phenoxy) is 1. The van der Waals surface area contributed by atoms with Crippen LogP contribution in [0.25, 0.3) is 0 Å². The summed E-state index contributed by atoms with van der Waals surface area (Å²) in [4.78, 5) is 0.226. The Morgan fingerprint density at radius 1 is 1.05 bits per heavy atom. The van der Waals surface area contributed by atoms with Crippen molar-refractivity contribution in [2.75, 3.05) is 11.4 Å². The number of anilines is 1. The second-order valence-corrected chi connectivity index (χ2v) is 6.31. The first-order valence-electron chi connectivity index (χ1n) is 6.37. The summed E-state index contributed by atoms with van der Waals surface area (Å²) in [5.74, 6) is 0.662. The van der Waals surface area contributed by atoms with Crippen LogP contribution in [-0.4, -0.2) is 15.5 Å². The summed E-state index contributed by atoms with van der Waals surface area (Å²) in [6, 6.07) is 13.5. The van der Waals surface area contributed by atoms with E-state index in [4.69, 9.17) is 4.74 Å². The molecule has 5 heteroatoms. The van der Waals surface area contributed by atoms with Crippen molar-refractivity contribution in [3.63, 3.8) is 0 Å². The van der Waals surface area contributed by atoms with Crippen molar-refractivity contribution in [2.24, 2.45) is 0 Å². The van der Waals surface area contributed by atoms with Crippen LogP contribution >= 0.6 is 0 Å². The van der Waals surface area contributed by atoms with Gasteiger partial charge in [0.15, 0.2) is 0 Å². The molecule has 0 N–H and O–H groups in total. The van der Waals surface area contributed by atoms with Crippen molar-refractivity contribution >= 4 is 15.7 Å². The lowest BCUT2D eigenvalue weighted by Gasteiger charge is -2.20. The Labute approximate surface area is 125 Å². The van der Waals surface area contributed by atoms with Gasteiger partial charge in [0.25, 0.3) is 10.0 Å². The topological polar surface area (TPSA) is 46.6 Å². The summed E-state index contributed by atoms with van der Waals surface area (Å²) in [7, 11) is -2.11. The summed E-state index contributed by atoms with van der Waals surface area (Å²) in [6.45, 7) is 5.51. The van der Waals surface area contributed by atoms with E-state index in [-0.39, 0.29) is 4.90 Å². The van der Waals surface area contributed by atoms with Gasteiger partial charge in [0.2, 0.25) is 0 Å². The molecule has 0 bridgehead atoms. The lowest BCUT2D eigenvalue weighted by molar-refractivity contribution is 0.415. The Balaban J connectivity index is 2.43. The average molecular weight is 303 g/mol. The molecule has 0 atom stereocenters. The van der Waals surface area contributed by atoms with Crippen LogP contribution in [-0.2, 0) is 10.0 Å². The van der Waals surface area contributed by atoms with Gasteiger partial charge in [-0.1, -0.05) is 24.3 Å². The van der Waals surface area contributed by atoms with E-state index in [1.807, 2.05) is 6.92 Å². The number of benzene rings is 2. The van der Waals surface area contributed by atoms with Gasteiger partial charge in [0.1, 0.15) is 5.75 Å². The minimum absolute atomic E-state index is 0.226. The highest BCUT2D eigenvalue weighted by Crippen LogP contribution is 2.26. The van der Waals surface area contributed by atoms with E-state index in [0.717, 1.165) is 9.87 Å². The van der Waals surface area contributed by atoms with Crippen LogP contribution in [0.2, 0.25) is 0 Å². The Hall–Kier alpha value is -2.27. The molecule has 21 heavy (non-hydrogen) atoms. The molecule has 2 rings (SSSR count). The molecule has 0 spiro atoms. The van der Waals surface area contributed by atoms with Crippen molar-refractivity contribution in [2.45, 2.75) is 11.8 Å². The molecule has 0 radical (unpaired) electrons. The first-order valence-corrected chi connectivity index (χ1v) is 7.81. The molecule has 0 aliphatic carbocycles. The Kier molecular flexibility index (Phi) is 4.33. The van der Waals surface area contributed by atoms with Crippen LogP contribution in [0.15, 0.2) is 66.2 Å². The third kappa shape index (κ3) is 3.08. The minimum atomic E-state index is -3.67. The molecule has 0 unspecified atom stereocenters. The van der Waals surface area contributed by atoms with Gasteiger partial charge in [0, 0.05) is 6.20 Å². The number of hydrogen-bond acceptors (Lipinski definition) is 3. The van der Waals surface area contributed by atoms with E-state index in [1.165, 1.54) is 6.20 Å². The molecule has 0 amide bonds. The van der Waals surface area contributed by atoms with Crippen molar-refractivity contribution in [3.8, 4) is 5.75 Å². The molecular weight excluding hydrogens is 286 g/mol. The van der Waals surface area contributed by atoms with Crippen LogP contribution < -0.4 is 9.04 Å². The summed E-state index contributed by atoms with van der Waals surface area (Å²) in [5, 5.41) is 0. The Morgan fingerprint density at radius 2 is 1.62 bits per heavy atom. The zero-order valence-corrected chi connectivity index (χ0v) is 12.8. The molecule has 0 aliphatic heterocycles. The summed E-state index contributed by atoms with van der Waals surface area (Å²) >= 11 is 0. The monoisotopic (exact) mass is 303 g/mol. The highest BCUT2D eigenvalue weighted by atomic mass is 32.2. The number of methoxy groups -OCH3 is 1. The molecule has 4 nitrogen and oxygen atoms in total. The van der Waals surface area contributed by atoms with Gasteiger partial charge in [-0.3, -0.25) is 0 Å². The van der Waals surface area contributed by atoms with Gasteiger partial charge < -0.3 is 4.74 Å². The fraction of sp³-hybridized carbons (Fsp3) is 0.125. The molecule has 0 saturated carbocycles. The molecule has 0 heterocycles. The van der Waals surface area contributed by atoms with Crippen molar-refractivity contribution in [1.82, 2.24) is 0 Å². The first-order chi connectivity index (χ1) is 9.98. The van der Waals surface area contributed by atoms with Gasteiger partial charge in [-0.15, -0.1) is 0 Å². The molecule has 0 saturated heterocycles. The van der Waals surface area contributed by atoms with Crippen molar-refractivity contribution < 1.29 is 13.2 Å². The normalized spacial score (nSPS) is 11.0. The Bertz CT molecular complexity index is 719. The standard InChI is InChI=1S/C16H17NO3S/c1-4-17(14-7-9-15(20-3)10-8-14)21(18,19)16-11-5-13(2)6-12-16/h4-12H,1H2,2-3H3.